The monoisotopic (exact) mass is 226 g/mol. The van der Waals surface area contributed by atoms with Crippen LogP contribution in [0.1, 0.15) is 47.0 Å². The van der Waals surface area contributed by atoms with Crippen molar-refractivity contribution in [2.75, 3.05) is 13.1 Å². The molecule has 0 saturated carbocycles. The van der Waals surface area contributed by atoms with E-state index in [1.165, 1.54) is 0 Å². The van der Waals surface area contributed by atoms with Gasteiger partial charge in [0.15, 0.2) is 0 Å². The molecule has 2 atom stereocenters. The number of nitrogens with two attached hydrogens (primary N) is 1. The predicted molar refractivity (Wildman–Crippen MR) is 67.0 cm³/mol. The summed E-state index contributed by atoms with van der Waals surface area (Å²) >= 11 is 0. The highest BCUT2D eigenvalue weighted by molar-refractivity contribution is 5.76. The number of amides is 1. The van der Waals surface area contributed by atoms with Gasteiger partial charge in [-0.1, -0.05) is 27.7 Å². The zero-order chi connectivity index (χ0) is 12.3. The highest BCUT2D eigenvalue weighted by atomic mass is 16.2. The fraction of sp³-hybridized carbons (Fsp3) is 0.923. The molecule has 1 fully saturated rings. The van der Waals surface area contributed by atoms with Gasteiger partial charge < -0.3 is 10.6 Å². The zero-order valence-corrected chi connectivity index (χ0v) is 11.1. The Morgan fingerprint density at radius 1 is 1.44 bits per heavy atom. The van der Waals surface area contributed by atoms with Crippen LogP contribution < -0.4 is 5.73 Å². The molecule has 0 aromatic heterocycles. The van der Waals surface area contributed by atoms with Crippen LogP contribution in [0.25, 0.3) is 0 Å². The van der Waals surface area contributed by atoms with Crippen LogP contribution in [0.15, 0.2) is 0 Å². The molecule has 1 heterocycles. The van der Waals surface area contributed by atoms with Crippen LogP contribution in [-0.2, 0) is 4.79 Å². The number of nitrogens with zero attached hydrogens (tertiary/aromatic N) is 1. The van der Waals surface area contributed by atoms with E-state index in [9.17, 15) is 4.79 Å². The van der Waals surface area contributed by atoms with Crippen molar-refractivity contribution >= 4 is 5.91 Å². The van der Waals surface area contributed by atoms with Gasteiger partial charge in [0.05, 0.1) is 0 Å². The first-order valence-electron chi connectivity index (χ1n) is 6.34. The maximum absolute atomic E-state index is 11.9. The van der Waals surface area contributed by atoms with Gasteiger partial charge in [-0.15, -0.1) is 0 Å². The summed E-state index contributed by atoms with van der Waals surface area (Å²) in [6.45, 7) is 10.2. The first-order chi connectivity index (χ1) is 7.30. The third-order valence-corrected chi connectivity index (χ3v) is 3.62. The molecule has 2 unspecified atom stereocenters. The summed E-state index contributed by atoms with van der Waals surface area (Å²) in [6, 6.07) is 0.0601. The van der Waals surface area contributed by atoms with Crippen LogP contribution >= 0.6 is 0 Å². The van der Waals surface area contributed by atoms with Crippen molar-refractivity contribution in [2.24, 2.45) is 17.1 Å². The molecule has 1 aliphatic heterocycles. The molecule has 2 N–H and O–H groups in total. The zero-order valence-electron chi connectivity index (χ0n) is 11.1. The minimum atomic E-state index is 0.0601. The molecule has 0 aromatic carbocycles. The van der Waals surface area contributed by atoms with E-state index in [-0.39, 0.29) is 17.4 Å². The Labute approximate surface area is 99.4 Å². The lowest BCUT2D eigenvalue weighted by atomic mass is 9.87. The topological polar surface area (TPSA) is 46.3 Å². The van der Waals surface area contributed by atoms with Gasteiger partial charge in [-0.05, 0) is 24.2 Å². The summed E-state index contributed by atoms with van der Waals surface area (Å²) in [5.41, 5.74) is 6.20. The lowest BCUT2D eigenvalue weighted by Gasteiger charge is -2.32. The standard InChI is InChI=1S/C13H26N2O/c1-10-5-6-12(16)15(8-7-10)9-11(14)13(2,3)4/h10-11H,5-9,14H2,1-4H3. The molecule has 1 aliphatic rings. The van der Waals surface area contributed by atoms with Gasteiger partial charge in [-0.2, -0.15) is 0 Å². The van der Waals surface area contributed by atoms with Gasteiger partial charge >= 0.3 is 0 Å². The molecule has 0 aromatic rings. The summed E-state index contributed by atoms with van der Waals surface area (Å²) in [4.78, 5) is 13.9. The normalized spacial score (nSPS) is 25.4. The Hall–Kier alpha value is -0.570. The number of likely N-dealkylation sites (tertiary alicyclic amines) is 1. The van der Waals surface area contributed by atoms with E-state index in [1.54, 1.807) is 0 Å². The lowest BCUT2D eigenvalue weighted by Crippen LogP contribution is -2.47. The highest BCUT2D eigenvalue weighted by Gasteiger charge is 2.27. The molecule has 3 heteroatoms. The van der Waals surface area contributed by atoms with Crippen LogP contribution in [-0.4, -0.2) is 29.9 Å². The van der Waals surface area contributed by atoms with Crippen molar-refractivity contribution in [3.05, 3.63) is 0 Å². The van der Waals surface area contributed by atoms with Gasteiger partial charge in [0.1, 0.15) is 0 Å². The summed E-state index contributed by atoms with van der Waals surface area (Å²) in [6.07, 6.45) is 2.83. The van der Waals surface area contributed by atoms with Crippen LogP contribution in [0, 0.1) is 11.3 Å². The number of rotatable bonds is 2. The van der Waals surface area contributed by atoms with E-state index in [4.69, 9.17) is 5.73 Å². The Balaban J connectivity index is 2.55. The first kappa shape index (κ1) is 13.5. The van der Waals surface area contributed by atoms with E-state index in [0.717, 1.165) is 19.4 Å². The van der Waals surface area contributed by atoms with Gasteiger partial charge in [0, 0.05) is 25.6 Å². The van der Waals surface area contributed by atoms with Gasteiger partial charge in [-0.3, -0.25) is 4.79 Å². The number of hydrogen-bond donors (Lipinski definition) is 1. The fourth-order valence-corrected chi connectivity index (χ4v) is 1.88. The molecule has 94 valence electrons. The quantitative estimate of drug-likeness (QED) is 0.783. The van der Waals surface area contributed by atoms with E-state index in [0.29, 0.717) is 18.9 Å². The molecule has 0 radical (unpaired) electrons. The van der Waals surface area contributed by atoms with Crippen molar-refractivity contribution in [3.8, 4) is 0 Å². The number of carbonyl (C=O) groups excluding carboxylic acids is 1. The summed E-state index contributed by atoms with van der Waals surface area (Å²) in [5, 5.41) is 0. The van der Waals surface area contributed by atoms with Crippen molar-refractivity contribution in [1.29, 1.82) is 0 Å². The first-order valence-corrected chi connectivity index (χ1v) is 6.34. The van der Waals surface area contributed by atoms with Gasteiger partial charge in [-0.25, -0.2) is 0 Å². The van der Waals surface area contributed by atoms with Crippen molar-refractivity contribution in [1.82, 2.24) is 4.90 Å². The molecular formula is C13H26N2O. The number of carbonyl (C=O) groups is 1. The molecule has 16 heavy (non-hydrogen) atoms. The second kappa shape index (κ2) is 5.17. The van der Waals surface area contributed by atoms with Crippen LogP contribution in [0.4, 0.5) is 0 Å². The minimum Gasteiger partial charge on any atom is -0.341 e. The second-order valence-electron chi connectivity index (χ2n) is 6.24. The van der Waals surface area contributed by atoms with Crippen LogP contribution in [0.2, 0.25) is 0 Å². The van der Waals surface area contributed by atoms with Crippen LogP contribution in [0.5, 0.6) is 0 Å². The molecule has 0 spiro atoms. The third kappa shape index (κ3) is 3.78. The summed E-state index contributed by atoms with van der Waals surface area (Å²) < 4.78 is 0. The van der Waals surface area contributed by atoms with E-state index >= 15 is 0 Å². The Morgan fingerprint density at radius 2 is 2.06 bits per heavy atom. The maximum atomic E-state index is 11.9. The lowest BCUT2D eigenvalue weighted by molar-refractivity contribution is -0.131. The van der Waals surface area contributed by atoms with Gasteiger partial charge in [0.2, 0.25) is 5.91 Å². The molecule has 0 bridgehead atoms. The largest absolute Gasteiger partial charge is 0.341 e. The van der Waals surface area contributed by atoms with E-state index in [1.807, 2.05) is 4.90 Å². The maximum Gasteiger partial charge on any atom is 0.222 e. The smallest absolute Gasteiger partial charge is 0.222 e. The third-order valence-electron chi connectivity index (χ3n) is 3.62. The molecular weight excluding hydrogens is 200 g/mol. The Morgan fingerprint density at radius 3 is 2.62 bits per heavy atom. The highest BCUT2D eigenvalue weighted by Crippen LogP contribution is 2.21. The van der Waals surface area contributed by atoms with Crippen LogP contribution in [0.3, 0.4) is 0 Å². The summed E-state index contributed by atoms with van der Waals surface area (Å²) in [5.74, 6) is 0.948. The molecule has 3 nitrogen and oxygen atoms in total. The van der Waals surface area contributed by atoms with Crippen molar-refractivity contribution < 1.29 is 4.79 Å². The van der Waals surface area contributed by atoms with Gasteiger partial charge in [0.25, 0.3) is 0 Å². The van der Waals surface area contributed by atoms with E-state index < -0.39 is 0 Å². The molecule has 1 rings (SSSR count). The van der Waals surface area contributed by atoms with Crippen molar-refractivity contribution in [2.45, 2.75) is 53.0 Å². The Kier molecular flexibility index (Phi) is 4.36. The van der Waals surface area contributed by atoms with Crippen molar-refractivity contribution in [3.63, 3.8) is 0 Å². The predicted octanol–water partition coefficient (Wildman–Crippen LogP) is 2.01. The Bertz CT molecular complexity index is 245. The fourth-order valence-electron chi connectivity index (χ4n) is 1.88. The average Bonchev–Trinajstić information content (AvgIpc) is 2.31. The molecule has 0 aliphatic carbocycles. The number of hydrogen-bond acceptors (Lipinski definition) is 2. The SMILES string of the molecule is CC1CCC(=O)N(CC(N)C(C)(C)C)CC1. The summed E-state index contributed by atoms with van der Waals surface area (Å²) in [7, 11) is 0. The molecule has 1 amide bonds. The molecule has 1 saturated heterocycles. The minimum absolute atomic E-state index is 0.0601. The van der Waals surface area contributed by atoms with E-state index in [2.05, 4.69) is 27.7 Å². The average molecular weight is 226 g/mol. The second-order valence-corrected chi connectivity index (χ2v) is 6.24.